The van der Waals surface area contributed by atoms with Gasteiger partial charge in [0.25, 0.3) is 0 Å². The average molecular weight is 303 g/mol. The first-order valence-electron chi connectivity index (χ1n) is 7.74. The Morgan fingerprint density at radius 1 is 1.32 bits per heavy atom. The molecule has 7 heteroatoms. The molecule has 1 aromatic rings. The van der Waals surface area contributed by atoms with Crippen molar-refractivity contribution in [3.8, 4) is 0 Å². The summed E-state index contributed by atoms with van der Waals surface area (Å²) in [4.78, 5) is 31.4. The summed E-state index contributed by atoms with van der Waals surface area (Å²) in [6, 6.07) is 3.92. The van der Waals surface area contributed by atoms with Gasteiger partial charge in [-0.2, -0.15) is 0 Å². The Labute approximate surface area is 129 Å². The molecule has 3 amide bonds. The van der Waals surface area contributed by atoms with Gasteiger partial charge in [-0.1, -0.05) is 6.92 Å². The second-order valence-electron chi connectivity index (χ2n) is 5.59. The molecule has 2 fully saturated rings. The maximum atomic E-state index is 11.8. The number of carbonyl (C=O) groups is 2. The summed E-state index contributed by atoms with van der Waals surface area (Å²) in [6.45, 7) is 5.43. The van der Waals surface area contributed by atoms with Crippen LogP contribution in [0.25, 0.3) is 0 Å². The van der Waals surface area contributed by atoms with Crippen molar-refractivity contribution in [2.75, 3.05) is 36.0 Å². The average Bonchev–Trinajstić information content (AvgIpc) is 2.55. The lowest BCUT2D eigenvalue weighted by molar-refractivity contribution is -0.120. The standard InChI is InChI=1S/C15H21N5O2/c1-2-11-9-16-6-8-19(11)13-4-3-12(10-17-13)20-7-5-14(21)18-15(20)22/h3-4,10-11,16H,2,5-9H2,1H3,(H,18,21,22)/t11-/m1/s1. The minimum atomic E-state index is -0.376. The topological polar surface area (TPSA) is 77.6 Å². The van der Waals surface area contributed by atoms with Crippen molar-refractivity contribution >= 4 is 23.4 Å². The van der Waals surface area contributed by atoms with Crippen molar-refractivity contribution in [1.82, 2.24) is 15.6 Å². The van der Waals surface area contributed by atoms with Gasteiger partial charge in [0.05, 0.1) is 11.9 Å². The summed E-state index contributed by atoms with van der Waals surface area (Å²) in [5, 5.41) is 5.72. The van der Waals surface area contributed by atoms with E-state index in [0.717, 1.165) is 37.6 Å². The largest absolute Gasteiger partial charge is 0.351 e. The maximum Gasteiger partial charge on any atom is 0.328 e. The van der Waals surface area contributed by atoms with Gasteiger partial charge in [0.15, 0.2) is 0 Å². The summed E-state index contributed by atoms with van der Waals surface area (Å²) in [5.41, 5.74) is 0.719. The number of pyridine rings is 1. The molecule has 1 aromatic heterocycles. The Morgan fingerprint density at radius 2 is 2.18 bits per heavy atom. The molecule has 0 saturated carbocycles. The summed E-state index contributed by atoms with van der Waals surface area (Å²) in [7, 11) is 0. The lowest BCUT2D eigenvalue weighted by Crippen LogP contribution is -2.51. The van der Waals surface area contributed by atoms with Gasteiger partial charge < -0.3 is 10.2 Å². The third-order valence-electron chi connectivity index (χ3n) is 4.21. The first-order valence-corrected chi connectivity index (χ1v) is 7.74. The number of amides is 3. The number of imide groups is 1. The van der Waals surface area contributed by atoms with Gasteiger partial charge in [-0.05, 0) is 18.6 Å². The fourth-order valence-electron chi connectivity index (χ4n) is 2.95. The number of nitrogens with one attached hydrogen (secondary N) is 2. The first kappa shape index (κ1) is 14.8. The van der Waals surface area contributed by atoms with Gasteiger partial charge in [-0.25, -0.2) is 9.78 Å². The van der Waals surface area contributed by atoms with E-state index in [0.29, 0.717) is 19.0 Å². The highest BCUT2D eigenvalue weighted by Gasteiger charge is 2.25. The molecule has 22 heavy (non-hydrogen) atoms. The molecule has 3 heterocycles. The third-order valence-corrected chi connectivity index (χ3v) is 4.21. The predicted molar refractivity (Wildman–Crippen MR) is 84.0 cm³/mol. The quantitative estimate of drug-likeness (QED) is 0.860. The highest BCUT2D eigenvalue weighted by atomic mass is 16.2. The number of hydrogen-bond acceptors (Lipinski definition) is 5. The molecule has 118 valence electrons. The van der Waals surface area contributed by atoms with E-state index in [4.69, 9.17) is 0 Å². The second-order valence-corrected chi connectivity index (χ2v) is 5.59. The molecule has 7 nitrogen and oxygen atoms in total. The van der Waals surface area contributed by atoms with E-state index in [-0.39, 0.29) is 11.9 Å². The van der Waals surface area contributed by atoms with Crippen molar-refractivity contribution in [2.45, 2.75) is 25.8 Å². The van der Waals surface area contributed by atoms with Crippen molar-refractivity contribution in [3.05, 3.63) is 18.3 Å². The molecule has 3 rings (SSSR count). The molecule has 0 aliphatic carbocycles. The van der Waals surface area contributed by atoms with Crippen LogP contribution >= 0.6 is 0 Å². The van der Waals surface area contributed by atoms with E-state index in [1.165, 1.54) is 0 Å². The zero-order chi connectivity index (χ0) is 15.5. The molecule has 2 aliphatic heterocycles. The van der Waals surface area contributed by atoms with E-state index in [2.05, 4.69) is 27.4 Å². The SMILES string of the molecule is CC[C@@H]1CNCCN1c1ccc(N2CCC(=O)NC2=O)cn1. The molecular formula is C15H21N5O2. The highest BCUT2D eigenvalue weighted by molar-refractivity contribution is 6.05. The molecule has 0 spiro atoms. The third kappa shape index (κ3) is 2.89. The van der Waals surface area contributed by atoms with E-state index >= 15 is 0 Å². The molecule has 1 atom stereocenters. The molecule has 0 radical (unpaired) electrons. The molecule has 0 aromatic carbocycles. The lowest BCUT2D eigenvalue weighted by Gasteiger charge is -2.37. The molecule has 2 saturated heterocycles. The van der Waals surface area contributed by atoms with Crippen LogP contribution in [0.4, 0.5) is 16.3 Å². The van der Waals surface area contributed by atoms with Crippen molar-refractivity contribution < 1.29 is 9.59 Å². The van der Waals surface area contributed by atoms with E-state index in [1.807, 2.05) is 12.1 Å². The molecule has 0 unspecified atom stereocenters. The fourth-order valence-corrected chi connectivity index (χ4v) is 2.95. The predicted octanol–water partition coefficient (Wildman–Crippen LogP) is 0.716. The van der Waals surface area contributed by atoms with Crippen LogP contribution in [0.5, 0.6) is 0 Å². The Kier molecular flexibility index (Phi) is 4.24. The van der Waals surface area contributed by atoms with E-state index in [9.17, 15) is 9.59 Å². The Hall–Kier alpha value is -2.15. The molecular weight excluding hydrogens is 282 g/mol. The maximum absolute atomic E-state index is 11.8. The number of hydrogen-bond donors (Lipinski definition) is 2. The zero-order valence-corrected chi connectivity index (χ0v) is 12.7. The minimum Gasteiger partial charge on any atom is -0.351 e. The number of piperazine rings is 1. The number of rotatable bonds is 3. The van der Waals surface area contributed by atoms with Crippen LogP contribution in [0, 0.1) is 0 Å². The van der Waals surface area contributed by atoms with Crippen LogP contribution in [-0.2, 0) is 4.79 Å². The Balaban J connectivity index is 1.75. The van der Waals surface area contributed by atoms with Crippen molar-refractivity contribution in [1.29, 1.82) is 0 Å². The molecule has 2 N–H and O–H groups in total. The van der Waals surface area contributed by atoms with Crippen LogP contribution in [0.1, 0.15) is 19.8 Å². The normalized spacial score (nSPS) is 22.7. The minimum absolute atomic E-state index is 0.225. The van der Waals surface area contributed by atoms with E-state index in [1.54, 1.807) is 11.1 Å². The van der Waals surface area contributed by atoms with Gasteiger partial charge in [0.2, 0.25) is 5.91 Å². The summed E-state index contributed by atoms with van der Waals surface area (Å²) < 4.78 is 0. The highest BCUT2D eigenvalue weighted by Crippen LogP contribution is 2.22. The van der Waals surface area contributed by atoms with Gasteiger partial charge in [-0.15, -0.1) is 0 Å². The van der Waals surface area contributed by atoms with Crippen LogP contribution in [0.2, 0.25) is 0 Å². The van der Waals surface area contributed by atoms with Crippen molar-refractivity contribution in [3.63, 3.8) is 0 Å². The van der Waals surface area contributed by atoms with Gasteiger partial charge in [0, 0.05) is 38.6 Å². The number of carbonyl (C=O) groups excluding carboxylic acids is 2. The Bertz CT molecular complexity index is 560. The Morgan fingerprint density at radius 3 is 2.86 bits per heavy atom. The molecule has 2 aliphatic rings. The summed E-state index contributed by atoms with van der Waals surface area (Å²) in [5.74, 6) is 0.711. The van der Waals surface area contributed by atoms with Gasteiger partial charge in [0.1, 0.15) is 5.82 Å². The zero-order valence-electron chi connectivity index (χ0n) is 12.7. The van der Waals surface area contributed by atoms with Crippen LogP contribution in [0.3, 0.4) is 0 Å². The van der Waals surface area contributed by atoms with Crippen LogP contribution in [-0.4, -0.2) is 49.1 Å². The number of nitrogens with zero attached hydrogens (tertiary/aromatic N) is 3. The molecule has 0 bridgehead atoms. The summed E-state index contributed by atoms with van der Waals surface area (Å²) >= 11 is 0. The summed E-state index contributed by atoms with van der Waals surface area (Å²) in [6.07, 6.45) is 3.09. The lowest BCUT2D eigenvalue weighted by atomic mass is 10.1. The number of urea groups is 1. The fraction of sp³-hybridized carbons (Fsp3) is 0.533. The van der Waals surface area contributed by atoms with Crippen molar-refractivity contribution in [2.24, 2.45) is 0 Å². The van der Waals surface area contributed by atoms with Crippen LogP contribution < -0.4 is 20.4 Å². The number of aromatic nitrogens is 1. The van der Waals surface area contributed by atoms with E-state index < -0.39 is 0 Å². The first-order chi connectivity index (χ1) is 10.7. The van der Waals surface area contributed by atoms with Crippen LogP contribution in [0.15, 0.2) is 18.3 Å². The number of anilines is 2. The second kappa shape index (κ2) is 6.31. The smallest absolute Gasteiger partial charge is 0.328 e. The van der Waals surface area contributed by atoms with Gasteiger partial charge in [-0.3, -0.25) is 15.0 Å². The van der Waals surface area contributed by atoms with Gasteiger partial charge >= 0.3 is 6.03 Å². The monoisotopic (exact) mass is 303 g/mol.